The molecule has 2 aromatic carbocycles. The lowest BCUT2D eigenvalue weighted by Gasteiger charge is -2.12. The van der Waals surface area contributed by atoms with Crippen molar-refractivity contribution in [2.45, 2.75) is 20.3 Å². The van der Waals surface area contributed by atoms with E-state index in [0.717, 1.165) is 0 Å². The maximum atomic E-state index is 12.0. The van der Waals surface area contributed by atoms with Crippen LogP contribution in [0.2, 0.25) is 0 Å². The molecule has 7 nitrogen and oxygen atoms in total. The first-order valence-electron chi connectivity index (χ1n) is 8.72. The molecule has 0 aromatic heterocycles. The second-order valence-corrected chi connectivity index (χ2v) is 6.47. The van der Waals surface area contributed by atoms with E-state index in [1.165, 1.54) is 26.4 Å². The SMILES string of the molecule is COC(=O)c1ccc(Oc2cccc(NC(=O)CC(C)C)c2)cc1C(=O)OC. The number of methoxy groups -OCH3 is 2. The fourth-order valence-corrected chi connectivity index (χ4v) is 2.51. The van der Waals surface area contributed by atoms with E-state index in [1.54, 1.807) is 30.3 Å². The monoisotopic (exact) mass is 385 g/mol. The van der Waals surface area contributed by atoms with Crippen molar-refractivity contribution >= 4 is 23.5 Å². The smallest absolute Gasteiger partial charge is 0.338 e. The van der Waals surface area contributed by atoms with Crippen molar-refractivity contribution in [3.05, 3.63) is 53.6 Å². The minimum Gasteiger partial charge on any atom is -0.465 e. The van der Waals surface area contributed by atoms with E-state index in [-0.39, 0.29) is 23.0 Å². The molecule has 0 radical (unpaired) electrons. The predicted octanol–water partition coefficient (Wildman–Crippen LogP) is 4.04. The van der Waals surface area contributed by atoms with Crippen LogP contribution in [0, 0.1) is 5.92 Å². The number of benzene rings is 2. The van der Waals surface area contributed by atoms with Crippen LogP contribution in [-0.4, -0.2) is 32.1 Å². The van der Waals surface area contributed by atoms with E-state index in [9.17, 15) is 14.4 Å². The molecule has 0 bridgehead atoms. The topological polar surface area (TPSA) is 90.9 Å². The van der Waals surface area contributed by atoms with Gasteiger partial charge in [-0.15, -0.1) is 0 Å². The first kappa shape index (κ1) is 21.0. The van der Waals surface area contributed by atoms with Gasteiger partial charge in [0.2, 0.25) is 5.91 Å². The number of nitrogens with one attached hydrogen (secondary N) is 1. The highest BCUT2D eigenvalue weighted by molar-refractivity contribution is 6.03. The highest BCUT2D eigenvalue weighted by Gasteiger charge is 2.19. The third-order valence-corrected chi connectivity index (χ3v) is 3.75. The molecular formula is C21H23NO6. The first-order valence-corrected chi connectivity index (χ1v) is 8.72. The van der Waals surface area contributed by atoms with Crippen LogP contribution in [0.3, 0.4) is 0 Å². The number of esters is 2. The van der Waals surface area contributed by atoms with Gasteiger partial charge in [-0.1, -0.05) is 19.9 Å². The quantitative estimate of drug-likeness (QED) is 0.724. The van der Waals surface area contributed by atoms with Crippen LogP contribution >= 0.6 is 0 Å². The molecule has 0 aliphatic carbocycles. The standard InChI is InChI=1S/C21H23NO6/c1-13(2)10-19(23)22-14-6-5-7-15(11-14)28-16-8-9-17(20(24)26-3)18(12-16)21(25)27-4/h5-9,11-13H,10H2,1-4H3,(H,22,23). The lowest BCUT2D eigenvalue weighted by atomic mass is 10.1. The Bertz CT molecular complexity index is 875. The Kier molecular flexibility index (Phi) is 7.14. The van der Waals surface area contributed by atoms with Gasteiger partial charge in [-0.05, 0) is 36.2 Å². The van der Waals surface area contributed by atoms with Crippen LogP contribution < -0.4 is 10.1 Å². The molecule has 0 spiro atoms. The molecule has 7 heteroatoms. The summed E-state index contributed by atoms with van der Waals surface area (Å²) in [6, 6.07) is 11.3. The van der Waals surface area contributed by atoms with Gasteiger partial charge in [0.15, 0.2) is 0 Å². The Labute approximate surface area is 163 Å². The first-order chi connectivity index (χ1) is 13.3. The Morgan fingerprint density at radius 3 is 2.18 bits per heavy atom. The van der Waals surface area contributed by atoms with Gasteiger partial charge >= 0.3 is 11.9 Å². The maximum Gasteiger partial charge on any atom is 0.338 e. The summed E-state index contributed by atoms with van der Waals surface area (Å²) in [6.07, 6.45) is 0.419. The minimum absolute atomic E-state index is 0.0354. The van der Waals surface area contributed by atoms with Crippen molar-refractivity contribution in [3.63, 3.8) is 0 Å². The normalized spacial score (nSPS) is 10.3. The summed E-state index contributed by atoms with van der Waals surface area (Å²) in [7, 11) is 2.45. The van der Waals surface area contributed by atoms with Gasteiger partial charge in [-0.25, -0.2) is 9.59 Å². The van der Waals surface area contributed by atoms with E-state index < -0.39 is 11.9 Å². The molecular weight excluding hydrogens is 362 g/mol. The van der Waals surface area contributed by atoms with Crippen LogP contribution in [0.4, 0.5) is 5.69 Å². The van der Waals surface area contributed by atoms with Gasteiger partial charge in [-0.2, -0.15) is 0 Å². The summed E-state index contributed by atoms with van der Waals surface area (Å²) in [5.74, 6) is -0.364. The number of ether oxygens (including phenoxy) is 3. The molecule has 2 aromatic rings. The van der Waals surface area contributed by atoms with Crippen LogP contribution in [0.5, 0.6) is 11.5 Å². The van der Waals surface area contributed by atoms with Crippen molar-refractivity contribution in [1.29, 1.82) is 0 Å². The van der Waals surface area contributed by atoms with Crippen LogP contribution in [0.25, 0.3) is 0 Å². The molecule has 0 atom stereocenters. The molecule has 0 heterocycles. The molecule has 1 N–H and O–H groups in total. The molecule has 148 valence electrons. The number of carbonyl (C=O) groups excluding carboxylic acids is 3. The maximum absolute atomic E-state index is 12.0. The molecule has 1 amide bonds. The molecule has 2 rings (SSSR count). The van der Waals surface area contributed by atoms with Gasteiger partial charge in [-0.3, -0.25) is 4.79 Å². The second kappa shape index (κ2) is 9.55. The van der Waals surface area contributed by atoms with E-state index in [2.05, 4.69) is 10.1 Å². The minimum atomic E-state index is -0.680. The number of carbonyl (C=O) groups is 3. The highest BCUT2D eigenvalue weighted by atomic mass is 16.5. The molecule has 28 heavy (non-hydrogen) atoms. The fraction of sp³-hybridized carbons (Fsp3) is 0.286. The van der Waals surface area contributed by atoms with Crippen LogP contribution in [0.15, 0.2) is 42.5 Å². The van der Waals surface area contributed by atoms with Crippen molar-refractivity contribution in [3.8, 4) is 11.5 Å². The second-order valence-electron chi connectivity index (χ2n) is 6.47. The molecule has 0 aliphatic heterocycles. The lowest BCUT2D eigenvalue weighted by molar-refractivity contribution is -0.116. The average molecular weight is 385 g/mol. The Hall–Kier alpha value is -3.35. The van der Waals surface area contributed by atoms with Crippen LogP contribution in [-0.2, 0) is 14.3 Å². The molecule has 0 saturated heterocycles. The van der Waals surface area contributed by atoms with Crippen molar-refractivity contribution in [2.75, 3.05) is 19.5 Å². The van der Waals surface area contributed by atoms with Crippen molar-refractivity contribution in [2.24, 2.45) is 5.92 Å². The van der Waals surface area contributed by atoms with E-state index in [1.807, 2.05) is 13.8 Å². The number of hydrogen-bond donors (Lipinski definition) is 1. The highest BCUT2D eigenvalue weighted by Crippen LogP contribution is 2.27. The molecule has 0 saturated carbocycles. The molecule has 0 unspecified atom stereocenters. The summed E-state index contributed by atoms with van der Waals surface area (Å²) in [6.45, 7) is 3.94. The number of amides is 1. The molecule has 0 aliphatic rings. The fourth-order valence-electron chi connectivity index (χ4n) is 2.51. The van der Waals surface area contributed by atoms with Crippen molar-refractivity contribution in [1.82, 2.24) is 0 Å². The Balaban J connectivity index is 2.23. The zero-order valence-electron chi connectivity index (χ0n) is 16.3. The van der Waals surface area contributed by atoms with Crippen LogP contribution in [0.1, 0.15) is 41.0 Å². The lowest BCUT2D eigenvalue weighted by Crippen LogP contribution is -2.13. The number of anilines is 1. The van der Waals surface area contributed by atoms with Gasteiger partial charge < -0.3 is 19.5 Å². The van der Waals surface area contributed by atoms with E-state index in [4.69, 9.17) is 9.47 Å². The summed E-state index contributed by atoms with van der Waals surface area (Å²) in [5, 5.41) is 2.82. The Morgan fingerprint density at radius 1 is 0.893 bits per heavy atom. The zero-order chi connectivity index (χ0) is 20.7. The summed E-state index contributed by atoms with van der Waals surface area (Å²) >= 11 is 0. The predicted molar refractivity (Wildman–Crippen MR) is 104 cm³/mol. The van der Waals surface area contributed by atoms with Gasteiger partial charge in [0, 0.05) is 18.2 Å². The van der Waals surface area contributed by atoms with Gasteiger partial charge in [0.25, 0.3) is 0 Å². The zero-order valence-corrected chi connectivity index (χ0v) is 16.3. The summed E-state index contributed by atoms with van der Waals surface area (Å²) in [4.78, 5) is 35.8. The van der Waals surface area contributed by atoms with E-state index in [0.29, 0.717) is 23.6 Å². The Morgan fingerprint density at radius 2 is 1.54 bits per heavy atom. The average Bonchev–Trinajstić information content (AvgIpc) is 2.66. The molecule has 0 fully saturated rings. The summed E-state index contributed by atoms with van der Waals surface area (Å²) < 4.78 is 15.2. The third kappa shape index (κ3) is 5.57. The van der Waals surface area contributed by atoms with Gasteiger partial charge in [0.05, 0.1) is 25.3 Å². The van der Waals surface area contributed by atoms with E-state index >= 15 is 0 Å². The largest absolute Gasteiger partial charge is 0.465 e. The summed E-state index contributed by atoms with van der Waals surface area (Å²) in [5.41, 5.74) is 0.715. The number of hydrogen-bond acceptors (Lipinski definition) is 6. The number of rotatable bonds is 7. The van der Waals surface area contributed by atoms with Crippen molar-refractivity contribution < 1.29 is 28.6 Å². The third-order valence-electron chi connectivity index (χ3n) is 3.75. The van der Waals surface area contributed by atoms with Gasteiger partial charge in [0.1, 0.15) is 11.5 Å².